The molecule has 1 amide bonds. The Hall–Kier alpha value is -3.80. The Bertz CT molecular complexity index is 942. The summed E-state index contributed by atoms with van der Waals surface area (Å²) >= 11 is 0. The summed E-state index contributed by atoms with van der Waals surface area (Å²) in [4.78, 5) is 12.5. The lowest BCUT2D eigenvalue weighted by Gasteiger charge is -2.20. The number of oxime groups is 1. The molecule has 0 spiro atoms. The van der Waals surface area contributed by atoms with Gasteiger partial charge in [0, 0.05) is 5.56 Å². The van der Waals surface area contributed by atoms with Gasteiger partial charge in [0.15, 0.2) is 0 Å². The number of hydrogen-bond acceptors (Lipinski definition) is 5. The normalized spacial score (nSPS) is 12.1. The van der Waals surface area contributed by atoms with E-state index in [9.17, 15) is 10.0 Å². The molecule has 0 fully saturated rings. The highest BCUT2D eigenvalue weighted by Gasteiger charge is 2.23. The zero-order valence-electron chi connectivity index (χ0n) is 16.0. The Kier molecular flexibility index (Phi) is 6.84. The molecule has 0 aliphatic carbocycles. The number of methoxy groups -OCH3 is 1. The monoisotopic (exact) mass is 390 g/mol. The number of rotatable bonds is 7. The molecule has 6 heteroatoms. The van der Waals surface area contributed by atoms with E-state index in [4.69, 9.17) is 9.47 Å². The fraction of sp³-hybridized carbons (Fsp3) is 0.130. The molecule has 3 aromatic carbocycles. The standard InChI is InChI=1S/C23H22N2O4/c1-28-20-14-12-19(13-15-20)22(25-27)21(18-10-6-3-7-11-18)24-23(26)29-16-17-8-4-2-5-9-17/h2-15,21,27H,16H2,1H3,(H,24,26). The fourth-order valence-electron chi connectivity index (χ4n) is 2.88. The summed E-state index contributed by atoms with van der Waals surface area (Å²) in [5, 5.41) is 16.0. The molecule has 0 saturated carbocycles. The van der Waals surface area contributed by atoms with Gasteiger partial charge in [0.2, 0.25) is 0 Å². The Labute approximate surface area is 169 Å². The van der Waals surface area contributed by atoms with E-state index in [0.717, 1.165) is 11.1 Å². The van der Waals surface area contributed by atoms with Gasteiger partial charge in [0.05, 0.1) is 7.11 Å². The van der Waals surface area contributed by atoms with Crippen LogP contribution in [0.2, 0.25) is 0 Å². The molecule has 148 valence electrons. The summed E-state index contributed by atoms with van der Waals surface area (Å²) in [5.41, 5.74) is 2.57. The van der Waals surface area contributed by atoms with E-state index >= 15 is 0 Å². The van der Waals surface area contributed by atoms with Crippen LogP contribution in [-0.2, 0) is 11.3 Å². The second-order valence-electron chi connectivity index (χ2n) is 6.26. The van der Waals surface area contributed by atoms with Crippen molar-refractivity contribution in [1.29, 1.82) is 0 Å². The lowest BCUT2D eigenvalue weighted by Crippen LogP contribution is -2.34. The van der Waals surface area contributed by atoms with Crippen molar-refractivity contribution < 1.29 is 19.5 Å². The van der Waals surface area contributed by atoms with Crippen molar-refractivity contribution in [3.8, 4) is 5.75 Å². The molecule has 1 atom stereocenters. The first-order valence-corrected chi connectivity index (χ1v) is 9.10. The second-order valence-corrected chi connectivity index (χ2v) is 6.26. The fourth-order valence-corrected chi connectivity index (χ4v) is 2.88. The summed E-state index contributed by atoms with van der Waals surface area (Å²) < 4.78 is 10.5. The molecule has 2 N–H and O–H groups in total. The lowest BCUT2D eigenvalue weighted by molar-refractivity contribution is 0.138. The molecule has 0 radical (unpaired) electrons. The summed E-state index contributed by atoms with van der Waals surface area (Å²) in [6.07, 6.45) is -0.614. The largest absolute Gasteiger partial charge is 0.497 e. The minimum Gasteiger partial charge on any atom is -0.497 e. The topological polar surface area (TPSA) is 80.2 Å². The van der Waals surface area contributed by atoms with Crippen LogP contribution in [0.5, 0.6) is 5.75 Å². The molecule has 0 heterocycles. The summed E-state index contributed by atoms with van der Waals surface area (Å²) in [5.74, 6) is 0.678. The van der Waals surface area contributed by atoms with E-state index in [0.29, 0.717) is 11.3 Å². The number of hydrogen-bond donors (Lipinski definition) is 2. The second kappa shape index (κ2) is 9.94. The quantitative estimate of drug-likeness (QED) is 0.353. The molecule has 0 aromatic heterocycles. The highest BCUT2D eigenvalue weighted by molar-refractivity contribution is 6.05. The third kappa shape index (κ3) is 5.35. The van der Waals surface area contributed by atoms with Gasteiger partial charge in [-0.25, -0.2) is 4.79 Å². The van der Waals surface area contributed by atoms with E-state index < -0.39 is 12.1 Å². The van der Waals surface area contributed by atoms with Crippen LogP contribution in [0.1, 0.15) is 22.7 Å². The van der Waals surface area contributed by atoms with Crippen LogP contribution in [0, 0.1) is 0 Å². The first-order chi connectivity index (χ1) is 14.2. The van der Waals surface area contributed by atoms with Crippen LogP contribution in [0.3, 0.4) is 0 Å². The molecule has 6 nitrogen and oxygen atoms in total. The molecule has 3 aromatic rings. The van der Waals surface area contributed by atoms with E-state index in [2.05, 4.69) is 10.5 Å². The van der Waals surface area contributed by atoms with Crippen molar-refractivity contribution in [2.45, 2.75) is 12.6 Å². The first kappa shape index (κ1) is 19.9. The van der Waals surface area contributed by atoms with Gasteiger partial charge in [-0.1, -0.05) is 65.8 Å². The van der Waals surface area contributed by atoms with Crippen molar-refractivity contribution in [2.24, 2.45) is 5.16 Å². The van der Waals surface area contributed by atoms with Crippen molar-refractivity contribution in [3.63, 3.8) is 0 Å². The predicted octanol–water partition coefficient (Wildman–Crippen LogP) is 4.54. The average Bonchev–Trinajstić information content (AvgIpc) is 2.79. The van der Waals surface area contributed by atoms with Crippen LogP contribution < -0.4 is 10.1 Å². The maximum absolute atomic E-state index is 12.5. The molecule has 3 rings (SSSR count). The summed E-state index contributed by atoms with van der Waals surface area (Å²) in [7, 11) is 1.58. The minimum absolute atomic E-state index is 0.141. The van der Waals surface area contributed by atoms with Crippen LogP contribution in [0.25, 0.3) is 0 Å². The zero-order valence-corrected chi connectivity index (χ0v) is 16.0. The predicted molar refractivity (Wildman–Crippen MR) is 110 cm³/mol. The van der Waals surface area contributed by atoms with Crippen LogP contribution in [0.15, 0.2) is 90.1 Å². The first-order valence-electron chi connectivity index (χ1n) is 9.10. The van der Waals surface area contributed by atoms with Gasteiger partial charge in [-0.2, -0.15) is 0 Å². The number of benzene rings is 3. The van der Waals surface area contributed by atoms with Gasteiger partial charge in [0.25, 0.3) is 0 Å². The highest BCUT2D eigenvalue weighted by Crippen LogP contribution is 2.22. The number of alkyl carbamates (subject to hydrolysis) is 1. The molecular formula is C23H22N2O4. The highest BCUT2D eigenvalue weighted by atomic mass is 16.5. The van der Waals surface area contributed by atoms with Gasteiger partial charge in [-0.05, 0) is 35.4 Å². The molecule has 29 heavy (non-hydrogen) atoms. The van der Waals surface area contributed by atoms with Crippen LogP contribution in [-0.4, -0.2) is 24.1 Å². The molecule has 0 aliphatic heterocycles. The van der Waals surface area contributed by atoms with Gasteiger partial charge < -0.3 is 20.0 Å². The van der Waals surface area contributed by atoms with Gasteiger partial charge in [-0.3, -0.25) is 0 Å². The zero-order chi connectivity index (χ0) is 20.5. The van der Waals surface area contributed by atoms with Gasteiger partial charge >= 0.3 is 6.09 Å². The molecule has 0 bridgehead atoms. The van der Waals surface area contributed by atoms with Crippen molar-refractivity contribution in [2.75, 3.05) is 7.11 Å². The third-order valence-corrected chi connectivity index (χ3v) is 4.37. The van der Waals surface area contributed by atoms with Crippen molar-refractivity contribution in [3.05, 3.63) is 102 Å². The Morgan fingerprint density at radius 1 is 0.966 bits per heavy atom. The smallest absolute Gasteiger partial charge is 0.408 e. The van der Waals surface area contributed by atoms with Crippen LogP contribution >= 0.6 is 0 Å². The average molecular weight is 390 g/mol. The lowest BCUT2D eigenvalue weighted by atomic mass is 9.96. The van der Waals surface area contributed by atoms with E-state index in [1.54, 1.807) is 31.4 Å². The minimum atomic E-state index is -0.696. The number of carbonyl (C=O) groups excluding carboxylic acids is 1. The Morgan fingerprint density at radius 3 is 2.17 bits per heavy atom. The molecule has 0 aliphatic rings. The molecule has 0 saturated heterocycles. The van der Waals surface area contributed by atoms with Gasteiger partial charge in [-0.15, -0.1) is 0 Å². The van der Waals surface area contributed by atoms with Crippen LogP contribution in [0.4, 0.5) is 4.79 Å². The maximum atomic E-state index is 12.5. The number of nitrogens with one attached hydrogen (secondary N) is 1. The third-order valence-electron chi connectivity index (χ3n) is 4.37. The number of ether oxygens (including phenoxy) is 2. The van der Waals surface area contributed by atoms with Crippen molar-refractivity contribution in [1.82, 2.24) is 5.32 Å². The SMILES string of the molecule is COc1ccc(C(=NO)C(NC(=O)OCc2ccccc2)c2ccccc2)cc1. The number of nitrogens with zero attached hydrogens (tertiary/aromatic N) is 1. The van der Waals surface area contributed by atoms with E-state index in [1.807, 2.05) is 60.7 Å². The summed E-state index contributed by atoms with van der Waals surface area (Å²) in [6.45, 7) is 0.141. The van der Waals surface area contributed by atoms with Crippen molar-refractivity contribution >= 4 is 11.8 Å². The molecular weight excluding hydrogens is 368 g/mol. The summed E-state index contributed by atoms with van der Waals surface area (Å²) in [6, 6.07) is 25.0. The Balaban J connectivity index is 1.81. The van der Waals surface area contributed by atoms with E-state index in [1.165, 1.54) is 0 Å². The maximum Gasteiger partial charge on any atom is 0.408 e. The number of amides is 1. The van der Waals surface area contributed by atoms with Gasteiger partial charge in [0.1, 0.15) is 24.1 Å². The number of carbonyl (C=O) groups is 1. The Morgan fingerprint density at radius 2 is 1.59 bits per heavy atom. The molecule has 1 unspecified atom stereocenters. The van der Waals surface area contributed by atoms with E-state index in [-0.39, 0.29) is 12.3 Å².